The second-order valence-corrected chi connectivity index (χ2v) is 6.72. The Kier molecular flexibility index (Phi) is 4.71. The highest BCUT2D eigenvalue weighted by Crippen LogP contribution is 2.18. The van der Waals surface area contributed by atoms with E-state index in [1.54, 1.807) is 28.8 Å². The van der Waals surface area contributed by atoms with Gasteiger partial charge in [0.2, 0.25) is 0 Å². The molecule has 2 aromatic heterocycles. The van der Waals surface area contributed by atoms with Crippen molar-refractivity contribution in [3.05, 3.63) is 52.8 Å². The van der Waals surface area contributed by atoms with E-state index in [1.807, 2.05) is 12.1 Å². The Balaban J connectivity index is 1.43. The van der Waals surface area contributed by atoms with E-state index in [1.165, 1.54) is 12.8 Å². The summed E-state index contributed by atoms with van der Waals surface area (Å²) in [6, 6.07) is 10.8. The van der Waals surface area contributed by atoms with Crippen molar-refractivity contribution in [3.8, 4) is 0 Å². The topological polar surface area (TPSA) is 75.4 Å². The first kappa shape index (κ1) is 16.8. The molecular weight excluding hydrogens is 352 g/mol. The number of fused-ring (bicyclic) bond motifs is 1. The molecule has 1 aromatic carbocycles. The molecule has 1 aliphatic rings. The van der Waals surface area contributed by atoms with E-state index >= 15 is 0 Å². The first-order valence-corrected chi connectivity index (χ1v) is 9.08. The molecule has 0 spiro atoms. The van der Waals surface area contributed by atoms with Crippen LogP contribution in [0.15, 0.2) is 36.4 Å². The molecule has 0 radical (unpaired) electrons. The first-order chi connectivity index (χ1) is 12.7. The zero-order chi connectivity index (χ0) is 17.9. The van der Waals surface area contributed by atoms with Crippen LogP contribution in [-0.2, 0) is 6.42 Å². The fourth-order valence-electron chi connectivity index (χ4n) is 3.11. The van der Waals surface area contributed by atoms with Gasteiger partial charge in [-0.25, -0.2) is 0 Å². The molecule has 3 aromatic rings. The van der Waals surface area contributed by atoms with E-state index in [2.05, 4.69) is 25.5 Å². The van der Waals surface area contributed by atoms with Crippen LogP contribution in [0.2, 0.25) is 5.02 Å². The third-order valence-electron chi connectivity index (χ3n) is 4.46. The van der Waals surface area contributed by atoms with Gasteiger partial charge in [-0.05, 0) is 43.2 Å². The van der Waals surface area contributed by atoms with Crippen molar-refractivity contribution in [2.24, 2.45) is 0 Å². The lowest BCUT2D eigenvalue weighted by molar-refractivity contribution is 0.0954. The Bertz CT molecular complexity index is 934. The first-order valence-electron chi connectivity index (χ1n) is 8.71. The summed E-state index contributed by atoms with van der Waals surface area (Å²) in [7, 11) is 0. The number of carbonyl (C=O) groups excluding carboxylic acids is 1. The molecule has 0 atom stereocenters. The average molecular weight is 371 g/mol. The normalized spacial score (nSPS) is 14.1. The third kappa shape index (κ3) is 3.48. The number of hydrogen-bond donors (Lipinski definition) is 1. The maximum Gasteiger partial charge on any atom is 0.251 e. The van der Waals surface area contributed by atoms with Crippen LogP contribution in [0, 0.1) is 0 Å². The molecule has 1 N–H and O–H groups in total. The van der Waals surface area contributed by atoms with E-state index in [0.29, 0.717) is 29.2 Å². The lowest BCUT2D eigenvalue weighted by atomic mass is 10.2. The fraction of sp³-hybridized carbons (Fsp3) is 0.333. The highest BCUT2D eigenvalue weighted by atomic mass is 35.5. The predicted molar refractivity (Wildman–Crippen MR) is 99.7 cm³/mol. The lowest BCUT2D eigenvalue weighted by Crippen LogP contribution is -2.26. The number of amides is 1. The van der Waals surface area contributed by atoms with Crippen molar-refractivity contribution < 1.29 is 4.79 Å². The molecule has 1 saturated heterocycles. The summed E-state index contributed by atoms with van der Waals surface area (Å²) in [6.45, 7) is 2.51. The summed E-state index contributed by atoms with van der Waals surface area (Å²) in [5.41, 5.74) is 1.25. The summed E-state index contributed by atoms with van der Waals surface area (Å²) in [4.78, 5) is 14.5. The number of halogens is 1. The minimum atomic E-state index is -0.160. The van der Waals surface area contributed by atoms with Gasteiger partial charge >= 0.3 is 0 Å². The number of nitrogens with one attached hydrogen (secondary N) is 1. The molecule has 1 fully saturated rings. The summed E-state index contributed by atoms with van der Waals surface area (Å²) in [6.07, 6.45) is 2.94. The zero-order valence-electron chi connectivity index (χ0n) is 14.2. The van der Waals surface area contributed by atoms with Gasteiger partial charge in [-0.3, -0.25) is 4.79 Å². The molecule has 0 unspecified atom stereocenters. The minimum Gasteiger partial charge on any atom is -0.355 e. The monoisotopic (exact) mass is 370 g/mol. The van der Waals surface area contributed by atoms with Crippen molar-refractivity contribution in [2.75, 3.05) is 24.5 Å². The Morgan fingerprint density at radius 1 is 1.15 bits per heavy atom. The summed E-state index contributed by atoms with van der Waals surface area (Å²) < 4.78 is 1.76. The fourth-order valence-corrected chi connectivity index (χ4v) is 3.30. The number of benzene rings is 1. The van der Waals surface area contributed by atoms with E-state index in [9.17, 15) is 4.79 Å². The van der Waals surface area contributed by atoms with Gasteiger partial charge in [0.05, 0.1) is 0 Å². The molecule has 7 nitrogen and oxygen atoms in total. The van der Waals surface area contributed by atoms with Gasteiger partial charge < -0.3 is 10.2 Å². The molecule has 1 aliphatic heterocycles. The second kappa shape index (κ2) is 7.29. The van der Waals surface area contributed by atoms with E-state index in [0.717, 1.165) is 24.7 Å². The maximum absolute atomic E-state index is 12.2. The third-order valence-corrected chi connectivity index (χ3v) is 4.70. The van der Waals surface area contributed by atoms with Crippen LogP contribution in [0.4, 0.5) is 5.82 Å². The summed E-state index contributed by atoms with van der Waals surface area (Å²) in [5, 5.41) is 16.5. The maximum atomic E-state index is 12.2. The molecule has 0 aliphatic carbocycles. The van der Waals surface area contributed by atoms with Crippen LogP contribution in [0.1, 0.15) is 29.0 Å². The average Bonchev–Trinajstić information content (AvgIpc) is 3.31. The largest absolute Gasteiger partial charge is 0.355 e. The number of rotatable bonds is 5. The highest BCUT2D eigenvalue weighted by molar-refractivity contribution is 6.30. The SMILES string of the molecule is O=C(NCCc1nnc2ccc(N3CCCC3)nn12)c1cccc(Cl)c1. The Morgan fingerprint density at radius 2 is 2.00 bits per heavy atom. The van der Waals surface area contributed by atoms with E-state index < -0.39 is 0 Å². The van der Waals surface area contributed by atoms with E-state index in [4.69, 9.17) is 11.6 Å². The van der Waals surface area contributed by atoms with Crippen molar-refractivity contribution in [2.45, 2.75) is 19.3 Å². The molecule has 1 amide bonds. The van der Waals surface area contributed by atoms with Gasteiger partial charge in [-0.1, -0.05) is 17.7 Å². The van der Waals surface area contributed by atoms with Gasteiger partial charge in [-0.15, -0.1) is 15.3 Å². The van der Waals surface area contributed by atoms with Gasteiger partial charge in [0.25, 0.3) is 5.91 Å². The lowest BCUT2D eigenvalue weighted by Gasteiger charge is -2.15. The van der Waals surface area contributed by atoms with Gasteiger partial charge in [0, 0.05) is 36.6 Å². The molecule has 26 heavy (non-hydrogen) atoms. The Labute approximate surface area is 156 Å². The van der Waals surface area contributed by atoms with Crippen LogP contribution in [0.3, 0.4) is 0 Å². The number of carbonyl (C=O) groups is 1. The molecule has 134 valence electrons. The minimum absolute atomic E-state index is 0.160. The van der Waals surface area contributed by atoms with Crippen LogP contribution in [-0.4, -0.2) is 45.4 Å². The van der Waals surface area contributed by atoms with Gasteiger partial charge in [0.1, 0.15) is 5.82 Å². The number of aromatic nitrogens is 4. The van der Waals surface area contributed by atoms with Crippen LogP contribution in [0.25, 0.3) is 5.65 Å². The number of hydrogen-bond acceptors (Lipinski definition) is 5. The van der Waals surface area contributed by atoms with Gasteiger partial charge in [0.15, 0.2) is 11.5 Å². The molecule has 0 bridgehead atoms. The molecule has 3 heterocycles. The van der Waals surface area contributed by atoms with Crippen molar-refractivity contribution in [3.63, 3.8) is 0 Å². The smallest absolute Gasteiger partial charge is 0.251 e. The van der Waals surface area contributed by atoms with E-state index in [-0.39, 0.29) is 5.91 Å². The number of nitrogens with zero attached hydrogens (tertiary/aromatic N) is 5. The van der Waals surface area contributed by atoms with Crippen molar-refractivity contribution in [1.82, 2.24) is 25.1 Å². The highest BCUT2D eigenvalue weighted by Gasteiger charge is 2.16. The van der Waals surface area contributed by atoms with Crippen LogP contribution >= 0.6 is 11.6 Å². The summed E-state index contributed by atoms with van der Waals surface area (Å²) in [5.74, 6) is 1.51. The van der Waals surface area contributed by atoms with Crippen molar-refractivity contribution in [1.29, 1.82) is 0 Å². The molecule has 8 heteroatoms. The summed E-state index contributed by atoms with van der Waals surface area (Å²) >= 11 is 5.92. The molecule has 4 rings (SSSR count). The quantitative estimate of drug-likeness (QED) is 0.746. The predicted octanol–water partition coefficient (Wildman–Crippen LogP) is 2.35. The Hall–Kier alpha value is -2.67. The molecule has 0 saturated carbocycles. The van der Waals surface area contributed by atoms with Crippen LogP contribution < -0.4 is 10.2 Å². The Morgan fingerprint density at radius 3 is 2.81 bits per heavy atom. The van der Waals surface area contributed by atoms with Crippen LogP contribution in [0.5, 0.6) is 0 Å². The van der Waals surface area contributed by atoms with Gasteiger partial charge in [-0.2, -0.15) is 4.52 Å². The number of anilines is 1. The standard InChI is InChI=1S/C18H19ClN6O/c19-14-5-3-4-13(12-14)18(26)20-9-8-16-22-21-15-6-7-17(23-25(15)16)24-10-1-2-11-24/h3-7,12H,1-2,8-11H2,(H,20,26). The van der Waals surface area contributed by atoms with Crippen molar-refractivity contribution >= 4 is 29.0 Å². The molecular formula is C18H19ClN6O. The zero-order valence-corrected chi connectivity index (χ0v) is 15.0. The second-order valence-electron chi connectivity index (χ2n) is 6.29.